The summed E-state index contributed by atoms with van der Waals surface area (Å²) >= 11 is 1.72. The lowest BCUT2D eigenvalue weighted by atomic mass is 10.1. The molecule has 1 atom stereocenters. The largest absolute Gasteiger partial charge is 0.295 e. The number of hydrogen-bond acceptors (Lipinski definition) is 7. The number of piperazine rings is 1. The zero-order chi connectivity index (χ0) is 18.9. The molecule has 4 aromatic heterocycles. The van der Waals surface area contributed by atoms with Crippen LogP contribution in [0.25, 0.3) is 16.6 Å². The minimum Gasteiger partial charge on any atom is -0.295 e. The van der Waals surface area contributed by atoms with Crippen LogP contribution < -0.4 is 0 Å². The first kappa shape index (κ1) is 17.4. The first-order valence-electron chi connectivity index (χ1n) is 9.34. The molecule has 0 amide bonds. The lowest BCUT2D eigenvalue weighted by Gasteiger charge is -2.38. The molecule has 28 heavy (non-hydrogen) atoms. The molecular formula is C20H21N7S. The van der Waals surface area contributed by atoms with Crippen LogP contribution >= 0.6 is 11.3 Å². The number of thiazole rings is 1. The van der Waals surface area contributed by atoms with E-state index in [0.29, 0.717) is 0 Å². The predicted molar refractivity (Wildman–Crippen MR) is 109 cm³/mol. The molecule has 0 aliphatic carbocycles. The third kappa shape index (κ3) is 3.30. The van der Waals surface area contributed by atoms with Gasteiger partial charge in [0.1, 0.15) is 10.7 Å². The molecule has 0 N–H and O–H groups in total. The Morgan fingerprint density at radius 3 is 2.79 bits per heavy atom. The highest BCUT2D eigenvalue weighted by Crippen LogP contribution is 2.28. The maximum atomic E-state index is 4.55. The molecule has 5 rings (SSSR count). The number of rotatable bonds is 4. The summed E-state index contributed by atoms with van der Waals surface area (Å²) in [6, 6.07) is 8.49. The molecule has 1 aliphatic rings. The van der Waals surface area contributed by atoms with Crippen LogP contribution in [-0.4, -0.2) is 61.3 Å². The molecule has 0 bridgehead atoms. The highest BCUT2D eigenvalue weighted by molar-refractivity contribution is 7.09. The summed E-state index contributed by atoms with van der Waals surface area (Å²) in [5.41, 5.74) is 4.32. The summed E-state index contributed by atoms with van der Waals surface area (Å²) in [5, 5.41) is 12.2. The third-order valence-corrected chi connectivity index (χ3v) is 6.11. The Morgan fingerprint density at radius 2 is 1.96 bits per heavy atom. The van der Waals surface area contributed by atoms with Gasteiger partial charge in [-0.3, -0.25) is 14.8 Å². The van der Waals surface area contributed by atoms with Crippen molar-refractivity contribution < 1.29 is 0 Å². The van der Waals surface area contributed by atoms with Gasteiger partial charge in [0.15, 0.2) is 0 Å². The van der Waals surface area contributed by atoms with Gasteiger partial charge >= 0.3 is 0 Å². The van der Waals surface area contributed by atoms with Gasteiger partial charge in [-0.25, -0.2) is 9.50 Å². The Hall–Kier alpha value is -2.68. The van der Waals surface area contributed by atoms with Gasteiger partial charge in [-0.2, -0.15) is 0 Å². The zero-order valence-corrected chi connectivity index (χ0v) is 16.5. The van der Waals surface area contributed by atoms with Crippen molar-refractivity contribution >= 4 is 16.9 Å². The molecule has 1 saturated heterocycles. The molecule has 0 aromatic carbocycles. The van der Waals surface area contributed by atoms with Crippen molar-refractivity contribution in [2.24, 2.45) is 0 Å². The molecule has 0 spiro atoms. The summed E-state index contributed by atoms with van der Waals surface area (Å²) in [5.74, 6) is 0. The van der Waals surface area contributed by atoms with Gasteiger partial charge in [0.05, 0.1) is 18.1 Å². The summed E-state index contributed by atoms with van der Waals surface area (Å²) in [6.45, 7) is 3.87. The molecule has 5 heterocycles. The molecule has 8 heteroatoms. The summed E-state index contributed by atoms with van der Waals surface area (Å²) in [6.07, 6.45) is 7.53. The zero-order valence-electron chi connectivity index (χ0n) is 15.6. The number of hydrogen-bond donors (Lipinski definition) is 0. The van der Waals surface area contributed by atoms with Crippen LogP contribution in [0.5, 0.6) is 0 Å². The van der Waals surface area contributed by atoms with Crippen LogP contribution in [-0.2, 0) is 6.54 Å². The molecule has 4 aromatic rings. The van der Waals surface area contributed by atoms with Crippen molar-refractivity contribution in [3.8, 4) is 11.1 Å². The van der Waals surface area contributed by atoms with Crippen molar-refractivity contribution in [2.75, 3.05) is 26.7 Å². The quantitative estimate of drug-likeness (QED) is 0.533. The highest BCUT2D eigenvalue weighted by Gasteiger charge is 2.29. The van der Waals surface area contributed by atoms with Crippen LogP contribution in [0.4, 0.5) is 0 Å². The molecule has 0 radical (unpaired) electrons. The maximum Gasteiger partial charge on any atom is 0.109 e. The van der Waals surface area contributed by atoms with E-state index in [4.69, 9.17) is 0 Å². The first-order valence-corrected chi connectivity index (χ1v) is 10.2. The minimum atomic E-state index is 0.220. The van der Waals surface area contributed by atoms with Crippen LogP contribution in [0, 0.1) is 0 Å². The molecular weight excluding hydrogens is 370 g/mol. The average Bonchev–Trinajstić information content (AvgIpc) is 3.39. The van der Waals surface area contributed by atoms with Gasteiger partial charge in [-0.05, 0) is 30.8 Å². The summed E-state index contributed by atoms with van der Waals surface area (Å²) in [4.78, 5) is 13.4. The predicted octanol–water partition coefficient (Wildman–Crippen LogP) is 2.74. The van der Waals surface area contributed by atoms with Gasteiger partial charge in [0.2, 0.25) is 0 Å². The van der Waals surface area contributed by atoms with Crippen molar-refractivity contribution in [1.82, 2.24) is 34.6 Å². The van der Waals surface area contributed by atoms with E-state index in [1.54, 1.807) is 23.7 Å². The van der Waals surface area contributed by atoms with Crippen molar-refractivity contribution in [2.45, 2.75) is 12.6 Å². The van der Waals surface area contributed by atoms with E-state index in [1.165, 1.54) is 0 Å². The second kappa shape index (κ2) is 7.38. The molecule has 1 fully saturated rings. The number of nitrogens with zero attached hydrogens (tertiary/aromatic N) is 7. The van der Waals surface area contributed by atoms with Crippen molar-refractivity contribution in [3.63, 3.8) is 0 Å². The van der Waals surface area contributed by atoms with Gasteiger partial charge < -0.3 is 0 Å². The Morgan fingerprint density at radius 1 is 1.07 bits per heavy atom. The van der Waals surface area contributed by atoms with E-state index in [-0.39, 0.29) is 6.04 Å². The molecule has 1 aliphatic heterocycles. The van der Waals surface area contributed by atoms with Gasteiger partial charge in [0, 0.05) is 55.4 Å². The maximum absolute atomic E-state index is 4.55. The van der Waals surface area contributed by atoms with Crippen molar-refractivity contribution in [3.05, 3.63) is 65.1 Å². The Bertz CT molecular complexity index is 1060. The number of likely N-dealkylation sites (N-methyl/N-ethyl adjacent to an activating group) is 1. The summed E-state index contributed by atoms with van der Waals surface area (Å²) in [7, 11) is 2.17. The van der Waals surface area contributed by atoms with Crippen molar-refractivity contribution in [1.29, 1.82) is 0 Å². The normalized spacial score (nSPS) is 18.7. The van der Waals surface area contributed by atoms with E-state index in [1.807, 2.05) is 34.4 Å². The van der Waals surface area contributed by atoms with E-state index >= 15 is 0 Å². The lowest BCUT2D eigenvalue weighted by Crippen LogP contribution is -2.46. The van der Waals surface area contributed by atoms with Crippen LogP contribution in [0.1, 0.15) is 16.7 Å². The molecule has 1 unspecified atom stereocenters. The molecule has 142 valence electrons. The fraction of sp³-hybridized carbons (Fsp3) is 0.300. The fourth-order valence-electron chi connectivity index (χ4n) is 3.76. The monoisotopic (exact) mass is 391 g/mol. The van der Waals surface area contributed by atoms with E-state index in [2.05, 4.69) is 49.3 Å². The summed E-state index contributed by atoms with van der Waals surface area (Å²) < 4.78 is 1.89. The number of fused-ring (bicyclic) bond motifs is 1. The fourth-order valence-corrected chi connectivity index (χ4v) is 4.42. The Balaban J connectivity index is 1.43. The minimum absolute atomic E-state index is 0.220. The van der Waals surface area contributed by atoms with E-state index in [0.717, 1.165) is 53.5 Å². The third-order valence-electron chi connectivity index (χ3n) is 5.34. The number of pyridine rings is 2. The van der Waals surface area contributed by atoms with Gasteiger partial charge in [-0.15, -0.1) is 16.4 Å². The average molecular weight is 392 g/mol. The SMILES string of the molecule is CN1CCN(Cc2nccs2)CC1c1nnn2cc(-c3ccncc3)ccc12. The Kier molecular flexibility index (Phi) is 4.59. The standard InChI is InChI=1S/C20H21N7S/c1-25-9-10-26(14-19-22-8-11-28-19)13-18(25)20-17-3-2-16(12-27(17)24-23-20)15-4-6-21-7-5-15/h2-8,11-12,18H,9-10,13-14H2,1H3. The van der Waals surface area contributed by atoms with Gasteiger partial charge in [-0.1, -0.05) is 11.3 Å². The molecule has 0 saturated carbocycles. The van der Waals surface area contributed by atoms with Crippen LogP contribution in [0.15, 0.2) is 54.4 Å². The second-order valence-corrected chi connectivity index (χ2v) is 8.09. The lowest BCUT2D eigenvalue weighted by molar-refractivity contribution is 0.0889. The highest BCUT2D eigenvalue weighted by atomic mass is 32.1. The Labute approximate surface area is 167 Å². The molecule has 7 nitrogen and oxygen atoms in total. The number of aromatic nitrogens is 5. The van der Waals surface area contributed by atoms with Crippen LogP contribution in [0.3, 0.4) is 0 Å². The van der Waals surface area contributed by atoms with E-state index in [9.17, 15) is 0 Å². The van der Waals surface area contributed by atoms with Gasteiger partial charge in [0.25, 0.3) is 0 Å². The smallest absolute Gasteiger partial charge is 0.109 e. The first-order chi connectivity index (χ1) is 13.8. The van der Waals surface area contributed by atoms with E-state index < -0.39 is 0 Å². The topological polar surface area (TPSA) is 62.5 Å². The second-order valence-electron chi connectivity index (χ2n) is 7.12. The van der Waals surface area contributed by atoms with Crippen LogP contribution in [0.2, 0.25) is 0 Å².